The van der Waals surface area contributed by atoms with Crippen molar-refractivity contribution in [2.75, 3.05) is 6.61 Å². The van der Waals surface area contributed by atoms with E-state index in [1.807, 2.05) is 19.1 Å². The van der Waals surface area contributed by atoms with E-state index in [0.29, 0.717) is 24.5 Å². The molecule has 0 amide bonds. The number of hydrogen-bond acceptors (Lipinski definition) is 7. The van der Waals surface area contributed by atoms with Gasteiger partial charge in [-0.15, -0.1) is 0 Å². The molecule has 0 aliphatic heterocycles. The van der Waals surface area contributed by atoms with E-state index in [1.165, 1.54) is 10.8 Å². The van der Waals surface area contributed by atoms with Gasteiger partial charge in [-0.25, -0.2) is 9.36 Å². The lowest BCUT2D eigenvalue weighted by Crippen LogP contribution is -2.41. The lowest BCUT2D eigenvalue weighted by molar-refractivity contribution is 0.340. The standard InChI is InChI=1S/C18H17N5O4/c1-3-22-10-12(9-19)17(24)23(18(22)25)11-15-20-16(21-27-15)13-7-5-6-8-14(13)26-4-2/h5-8,10H,3-4,11H2,1-2H3. The fourth-order valence-electron chi connectivity index (χ4n) is 2.59. The summed E-state index contributed by atoms with van der Waals surface area (Å²) in [5.74, 6) is 0.965. The molecule has 3 rings (SSSR count). The molecule has 9 nitrogen and oxygen atoms in total. The van der Waals surface area contributed by atoms with Crippen molar-refractivity contribution in [1.82, 2.24) is 19.3 Å². The second-order valence-electron chi connectivity index (χ2n) is 5.56. The lowest BCUT2D eigenvalue weighted by Gasteiger charge is -2.07. The van der Waals surface area contributed by atoms with Crippen LogP contribution in [0.25, 0.3) is 11.4 Å². The third kappa shape index (κ3) is 3.50. The zero-order chi connectivity index (χ0) is 19.4. The van der Waals surface area contributed by atoms with Crippen LogP contribution in [0.2, 0.25) is 0 Å². The van der Waals surface area contributed by atoms with Crippen LogP contribution < -0.4 is 16.0 Å². The maximum Gasteiger partial charge on any atom is 0.331 e. The van der Waals surface area contributed by atoms with Crippen LogP contribution in [0, 0.1) is 11.3 Å². The van der Waals surface area contributed by atoms with Crippen molar-refractivity contribution < 1.29 is 9.26 Å². The first kappa shape index (κ1) is 18.1. The van der Waals surface area contributed by atoms with E-state index in [1.54, 1.807) is 25.1 Å². The largest absolute Gasteiger partial charge is 0.493 e. The second-order valence-corrected chi connectivity index (χ2v) is 5.56. The van der Waals surface area contributed by atoms with Gasteiger partial charge in [0.2, 0.25) is 11.7 Å². The predicted octanol–water partition coefficient (Wildman–Crippen LogP) is 1.40. The van der Waals surface area contributed by atoms with Crippen LogP contribution in [0.15, 0.2) is 44.6 Å². The Bertz CT molecular complexity index is 1120. The average Bonchev–Trinajstić information content (AvgIpc) is 3.14. The van der Waals surface area contributed by atoms with Gasteiger partial charge in [-0.05, 0) is 26.0 Å². The van der Waals surface area contributed by atoms with E-state index < -0.39 is 11.2 Å². The fraction of sp³-hybridized carbons (Fsp3) is 0.278. The van der Waals surface area contributed by atoms with Crippen LogP contribution >= 0.6 is 0 Å². The molecule has 3 aromatic rings. The summed E-state index contributed by atoms with van der Waals surface area (Å²) in [6.07, 6.45) is 1.25. The van der Waals surface area contributed by atoms with Gasteiger partial charge in [0.25, 0.3) is 5.56 Å². The Morgan fingerprint density at radius 2 is 2.04 bits per heavy atom. The van der Waals surface area contributed by atoms with Gasteiger partial charge in [-0.3, -0.25) is 9.36 Å². The first-order valence-corrected chi connectivity index (χ1v) is 8.38. The molecule has 0 unspecified atom stereocenters. The number of nitriles is 1. The third-order valence-electron chi connectivity index (χ3n) is 3.89. The summed E-state index contributed by atoms with van der Waals surface area (Å²) >= 11 is 0. The van der Waals surface area contributed by atoms with Crippen molar-refractivity contribution in [2.24, 2.45) is 0 Å². The van der Waals surface area contributed by atoms with Crippen molar-refractivity contribution in [3.63, 3.8) is 0 Å². The molecule has 9 heteroatoms. The molecule has 0 aliphatic carbocycles. The highest BCUT2D eigenvalue weighted by molar-refractivity contribution is 5.63. The Hall–Kier alpha value is -3.67. The molecule has 0 radical (unpaired) electrons. The number of nitrogens with zero attached hydrogens (tertiary/aromatic N) is 5. The Kier molecular flexibility index (Phi) is 5.17. The number of benzene rings is 1. The molecular formula is C18H17N5O4. The van der Waals surface area contributed by atoms with E-state index in [4.69, 9.17) is 14.5 Å². The minimum atomic E-state index is -0.693. The van der Waals surface area contributed by atoms with Crippen LogP contribution in [0.3, 0.4) is 0 Å². The molecular weight excluding hydrogens is 350 g/mol. The third-order valence-corrected chi connectivity index (χ3v) is 3.89. The molecule has 27 heavy (non-hydrogen) atoms. The lowest BCUT2D eigenvalue weighted by atomic mass is 10.2. The monoisotopic (exact) mass is 367 g/mol. The van der Waals surface area contributed by atoms with Gasteiger partial charge in [-0.1, -0.05) is 17.3 Å². The van der Waals surface area contributed by atoms with Gasteiger partial charge >= 0.3 is 5.69 Å². The molecule has 0 saturated carbocycles. The SMILES string of the molecule is CCOc1ccccc1-c1noc(Cn2c(=O)c(C#N)cn(CC)c2=O)n1. The summed E-state index contributed by atoms with van der Waals surface area (Å²) in [7, 11) is 0. The average molecular weight is 367 g/mol. The molecule has 0 saturated heterocycles. The summed E-state index contributed by atoms with van der Waals surface area (Å²) in [6.45, 7) is 4.19. The van der Waals surface area contributed by atoms with E-state index in [0.717, 1.165) is 4.57 Å². The normalized spacial score (nSPS) is 10.6. The molecule has 2 aromatic heterocycles. The highest BCUT2D eigenvalue weighted by Crippen LogP contribution is 2.27. The molecule has 0 atom stereocenters. The Balaban J connectivity index is 2.00. The van der Waals surface area contributed by atoms with E-state index >= 15 is 0 Å². The van der Waals surface area contributed by atoms with Crippen molar-refractivity contribution in [2.45, 2.75) is 26.9 Å². The molecule has 138 valence electrons. The Labute approximate surface area is 154 Å². The topological polar surface area (TPSA) is 116 Å². The van der Waals surface area contributed by atoms with Crippen LogP contribution in [-0.4, -0.2) is 25.9 Å². The minimum absolute atomic E-state index is 0.0771. The Morgan fingerprint density at radius 1 is 1.26 bits per heavy atom. The molecule has 1 aromatic carbocycles. The van der Waals surface area contributed by atoms with Crippen LogP contribution in [0.5, 0.6) is 5.75 Å². The van der Waals surface area contributed by atoms with Gasteiger partial charge in [0.1, 0.15) is 23.9 Å². The van der Waals surface area contributed by atoms with Crippen molar-refractivity contribution in [1.29, 1.82) is 5.26 Å². The smallest absolute Gasteiger partial charge is 0.331 e. The quantitative estimate of drug-likeness (QED) is 0.646. The highest BCUT2D eigenvalue weighted by Gasteiger charge is 2.17. The molecule has 0 N–H and O–H groups in total. The van der Waals surface area contributed by atoms with Crippen molar-refractivity contribution in [3.05, 3.63) is 62.8 Å². The first-order valence-electron chi connectivity index (χ1n) is 8.38. The van der Waals surface area contributed by atoms with Crippen LogP contribution in [0.1, 0.15) is 25.3 Å². The van der Waals surface area contributed by atoms with E-state index in [9.17, 15) is 9.59 Å². The van der Waals surface area contributed by atoms with E-state index in [2.05, 4.69) is 10.1 Å². The summed E-state index contributed by atoms with van der Waals surface area (Å²) in [4.78, 5) is 29.0. The number of ether oxygens (including phenoxy) is 1. The van der Waals surface area contributed by atoms with Crippen LogP contribution in [-0.2, 0) is 13.1 Å². The molecule has 0 bridgehead atoms. The van der Waals surface area contributed by atoms with Gasteiger partial charge in [-0.2, -0.15) is 10.2 Å². The van der Waals surface area contributed by atoms with Crippen LogP contribution in [0.4, 0.5) is 0 Å². The van der Waals surface area contributed by atoms with E-state index in [-0.39, 0.29) is 23.8 Å². The number of hydrogen-bond donors (Lipinski definition) is 0. The molecule has 0 fully saturated rings. The summed E-state index contributed by atoms with van der Waals surface area (Å²) in [5.41, 5.74) is -0.728. The summed E-state index contributed by atoms with van der Waals surface area (Å²) in [6, 6.07) is 9.01. The van der Waals surface area contributed by atoms with Crippen molar-refractivity contribution in [3.8, 4) is 23.2 Å². The predicted molar refractivity (Wildman–Crippen MR) is 95.4 cm³/mol. The number of aryl methyl sites for hydroxylation is 1. The van der Waals surface area contributed by atoms with Gasteiger partial charge in [0, 0.05) is 12.7 Å². The van der Waals surface area contributed by atoms with Gasteiger partial charge in [0.15, 0.2) is 0 Å². The zero-order valence-corrected chi connectivity index (χ0v) is 14.9. The summed E-state index contributed by atoms with van der Waals surface area (Å²) < 4.78 is 12.9. The second kappa shape index (κ2) is 7.70. The maximum absolute atomic E-state index is 12.4. The molecule has 2 heterocycles. The zero-order valence-electron chi connectivity index (χ0n) is 14.9. The van der Waals surface area contributed by atoms with Crippen molar-refractivity contribution >= 4 is 0 Å². The number of para-hydroxylation sites is 1. The Morgan fingerprint density at radius 3 is 2.74 bits per heavy atom. The molecule has 0 aliphatic rings. The first-order chi connectivity index (χ1) is 13.1. The number of aromatic nitrogens is 4. The maximum atomic E-state index is 12.4. The minimum Gasteiger partial charge on any atom is -0.493 e. The van der Waals surface area contributed by atoms with Gasteiger partial charge < -0.3 is 9.26 Å². The summed E-state index contributed by atoms with van der Waals surface area (Å²) in [5, 5.41) is 13.0. The van der Waals surface area contributed by atoms with Gasteiger partial charge in [0.05, 0.1) is 12.2 Å². The highest BCUT2D eigenvalue weighted by atomic mass is 16.5. The fourth-order valence-corrected chi connectivity index (χ4v) is 2.59. The number of rotatable bonds is 6. The molecule has 0 spiro atoms.